The van der Waals surface area contributed by atoms with Gasteiger partial charge >= 0.3 is 0 Å². The molecule has 1 aromatic carbocycles. The summed E-state index contributed by atoms with van der Waals surface area (Å²) in [5.41, 5.74) is 4.34. The van der Waals surface area contributed by atoms with E-state index in [-0.39, 0.29) is 6.04 Å². The number of fused-ring (bicyclic) bond motifs is 1. The summed E-state index contributed by atoms with van der Waals surface area (Å²) in [6.07, 6.45) is 5.05. The van der Waals surface area contributed by atoms with Gasteiger partial charge < -0.3 is 15.2 Å². The van der Waals surface area contributed by atoms with Crippen LogP contribution in [-0.2, 0) is 26.4 Å². The van der Waals surface area contributed by atoms with Crippen molar-refractivity contribution in [3.8, 4) is 0 Å². The number of rotatable bonds is 5. The maximum Gasteiger partial charge on any atom is 0.192 e. The Kier molecular flexibility index (Phi) is 5.91. The lowest BCUT2D eigenvalue weighted by Crippen LogP contribution is -2.38. The lowest BCUT2D eigenvalue weighted by molar-refractivity contribution is 0.664. The van der Waals surface area contributed by atoms with Gasteiger partial charge in [0, 0.05) is 13.6 Å². The molecule has 26 heavy (non-hydrogen) atoms. The van der Waals surface area contributed by atoms with E-state index in [0.717, 1.165) is 24.2 Å². The zero-order chi connectivity index (χ0) is 18.5. The van der Waals surface area contributed by atoms with Crippen molar-refractivity contribution >= 4 is 5.96 Å². The molecule has 0 amide bonds. The second kappa shape index (κ2) is 8.34. The molecule has 1 unspecified atom stereocenters. The predicted molar refractivity (Wildman–Crippen MR) is 105 cm³/mol. The van der Waals surface area contributed by atoms with Gasteiger partial charge in [-0.3, -0.25) is 0 Å². The van der Waals surface area contributed by atoms with E-state index in [2.05, 4.69) is 57.9 Å². The molecule has 2 aromatic rings. The average molecular weight is 355 g/mol. The van der Waals surface area contributed by atoms with Crippen LogP contribution in [0.5, 0.6) is 0 Å². The second-order valence-corrected chi connectivity index (χ2v) is 7.02. The Morgan fingerprint density at radius 3 is 2.69 bits per heavy atom. The van der Waals surface area contributed by atoms with Crippen molar-refractivity contribution in [1.29, 1.82) is 0 Å². The third-order valence-electron chi connectivity index (χ3n) is 5.13. The van der Waals surface area contributed by atoms with Crippen molar-refractivity contribution in [3.63, 3.8) is 0 Å². The molecule has 0 bridgehead atoms. The predicted octanol–water partition coefficient (Wildman–Crippen LogP) is 2.82. The van der Waals surface area contributed by atoms with Crippen LogP contribution in [0.25, 0.3) is 0 Å². The van der Waals surface area contributed by atoms with Crippen LogP contribution in [0.2, 0.25) is 0 Å². The van der Waals surface area contributed by atoms with Gasteiger partial charge in [0.25, 0.3) is 0 Å². The van der Waals surface area contributed by atoms with E-state index >= 15 is 0 Å². The number of aryl methyl sites for hydroxylation is 3. The summed E-state index contributed by atoms with van der Waals surface area (Å²) < 4.78 is 1.97. The van der Waals surface area contributed by atoms with Crippen LogP contribution in [-0.4, -0.2) is 27.3 Å². The molecule has 1 heterocycles. The zero-order valence-corrected chi connectivity index (χ0v) is 16.3. The highest BCUT2D eigenvalue weighted by Gasteiger charge is 2.13. The molecule has 1 aliphatic rings. The summed E-state index contributed by atoms with van der Waals surface area (Å²) in [5.74, 6) is 2.56. The van der Waals surface area contributed by atoms with Crippen molar-refractivity contribution in [2.45, 2.75) is 59.0 Å². The van der Waals surface area contributed by atoms with Crippen LogP contribution < -0.4 is 10.6 Å². The van der Waals surface area contributed by atoms with Crippen LogP contribution in [0.15, 0.2) is 23.2 Å². The standard InChI is InChI=1S/C20H30N6/c1-5-21-20(22-13-19-25-24-15(3)26(19)4)23-14(2)17-11-10-16-8-6-7-9-18(16)12-17/h10-12,14H,5-9,13H2,1-4H3,(H2,21,22,23). The Morgan fingerprint density at radius 2 is 2.00 bits per heavy atom. The maximum atomic E-state index is 4.68. The van der Waals surface area contributed by atoms with Gasteiger partial charge in [0.1, 0.15) is 12.4 Å². The Labute approximate surface area is 156 Å². The van der Waals surface area contributed by atoms with Crippen LogP contribution in [0.3, 0.4) is 0 Å². The highest BCUT2D eigenvalue weighted by Crippen LogP contribution is 2.24. The minimum absolute atomic E-state index is 0.196. The Bertz CT molecular complexity index is 777. The molecular formula is C20H30N6. The Hall–Kier alpha value is -2.37. The van der Waals surface area contributed by atoms with Gasteiger partial charge in [-0.05, 0) is 63.1 Å². The largest absolute Gasteiger partial charge is 0.357 e. The first kappa shape index (κ1) is 18.4. The van der Waals surface area contributed by atoms with Crippen molar-refractivity contribution < 1.29 is 0 Å². The van der Waals surface area contributed by atoms with Gasteiger partial charge in [-0.1, -0.05) is 18.2 Å². The van der Waals surface area contributed by atoms with Gasteiger partial charge in [-0.25, -0.2) is 4.99 Å². The fraction of sp³-hybridized carbons (Fsp3) is 0.550. The van der Waals surface area contributed by atoms with Crippen LogP contribution in [0, 0.1) is 6.92 Å². The summed E-state index contributed by atoms with van der Waals surface area (Å²) in [6.45, 7) is 7.53. The molecule has 6 heteroatoms. The van der Waals surface area contributed by atoms with E-state index in [0.29, 0.717) is 6.54 Å². The molecular weight excluding hydrogens is 324 g/mol. The van der Waals surface area contributed by atoms with E-state index in [9.17, 15) is 0 Å². The molecule has 0 saturated carbocycles. The van der Waals surface area contributed by atoms with Gasteiger partial charge in [0.05, 0.1) is 6.04 Å². The molecule has 2 N–H and O–H groups in total. The average Bonchev–Trinajstić information content (AvgIpc) is 2.97. The van der Waals surface area contributed by atoms with Crippen LogP contribution in [0.1, 0.15) is 61.1 Å². The Balaban J connectivity index is 1.70. The molecule has 0 fully saturated rings. The summed E-state index contributed by atoms with van der Waals surface area (Å²) >= 11 is 0. The quantitative estimate of drug-likeness (QED) is 0.640. The molecule has 3 rings (SSSR count). The highest BCUT2D eigenvalue weighted by molar-refractivity contribution is 5.80. The summed E-state index contributed by atoms with van der Waals surface area (Å²) in [7, 11) is 1.97. The number of nitrogens with zero attached hydrogens (tertiary/aromatic N) is 4. The SMILES string of the molecule is CCNC(=NCc1nnc(C)n1C)NC(C)c1ccc2c(c1)CCCC2. The second-order valence-electron chi connectivity index (χ2n) is 7.02. The van der Waals surface area contributed by atoms with Gasteiger partial charge in [-0.2, -0.15) is 0 Å². The molecule has 0 saturated heterocycles. The fourth-order valence-electron chi connectivity index (χ4n) is 3.37. The minimum Gasteiger partial charge on any atom is -0.357 e. The van der Waals surface area contributed by atoms with E-state index in [1.165, 1.54) is 42.4 Å². The van der Waals surface area contributed by atoms with Crippen LogP contribution in [0.4, 0.5) is 0 Å². The van der Waals surface area contributed by atoms with E-state index in [4.69, 9.17) is 0 Å². The minimum atomic E-state index is 0.196. The molecule has 0 radical (unpaired) electrons. The molecule has 1 atom stereocenters. The van der Waals surface area contributed by atoms with Gasteiger partial charge in [-0.15, -0.1) is 10.2 Å². The molecule has 0 spiro atoms. The highest BCUT2D eigenvalue weighted by atomic mass is 15.3. The summed E-state index contributed by atoms with van der Waals surface area (Å²) in [5, 5.41) is 15.1. The molecule has 140 valence electrons. The first-order valence-electron chi connectivity index (χ1n) is 9.60. The monoisotopic (exact) mass is 354 g/mol. The first-order valence-corrected chi connectivity index (χ1v) is 9.60. The van der Waals surface area contributed by atoms with Crippen molar-refractivity contribution in [1.82, 2.24) is 25.4 Å². The number of hydrogen-bond donors (Lipinski definition) is 2. The topological polar surface area (TPSA) is 67.1 Å². The van der Waals surface area contributed by atoms with Gasteiger partial charge in [0.2, 0.25) is 0 Å². The van der Waals surface area contributed by atoms with E-state index in [1.54, 1.807) is 0 Å². The third-order valence-corrected chi connectivity index (χ3v) is 5.13. The first-order chi connectivity index (χ1) is 12.6. The zero-order valence-electron chi connectivity index (χ0n) is 16.3. The lowest BCUT2D eigenvalue weighted by atomic mass is 9.89. The molecule has 1 aliphatic carbocycles. The third kappa shape index (κ3) is 4.23. The van der Waals surface area contributed by atoms with Crippen molar-refractivity contribution in [2.24, 2.45) is 12.0 Å². The smallest absolute Gasteiger partial charge is 0.192 e. The number of hydrogen-bond acceptors (Lipinski definition) is 3. The number of benzene rings is 1. The number of guanidine groups is 1. The summed E-state index contributed by atoms with van der Waals surface area (Å²) in [4.78, 5) is 4.68. The number of aromatic nitrogens is 3. The molecule has 0 aliphatic heterocycles. The van der Waals surface area contributed by atoms with E-state index < -0.39 is 0 Å². The van der Waals surface area contributed by atoms with E-state index in [1.807, 2.05) is 18.5 Å². The fourth-order valence-corrected chi connectivity index (χ4v) is 3.37. The summed E-state index contributed by atoms with van der Waals surface area (Å²) in [6, 6.07) is 7.11. The van der Waals surface area contributed by atoms with Crippen molar-refractivity contribution in [2.75, 3.05) is 6.54 Å². The Morgan fingerprint density at radius 1 is 1.23 bits per heavy atom. The number of aliphatic imine (C=N–C) groups is 1. The molecule has 6 nitrogen and oxygen atoms in total. The lowest BCUT2D eigenvalue weighted by Gasteiger charge is -2.21. The van der Waals surface area contributed by atoms with Crippen LogP contribution >= 0.6 is 0 Å². The number of nitrogens with one attached hydrogen (secondary N) is 2. The molecule has 1 aromatic heterocycles. The van der Waals surface area contributed by atoms with Crippen molar-refractivity contribution in [3.05, 3.63) is 46.5 Å². The van der Waals surface area contributed by atoms with Gasteiger partial charge in [0.15, 0.2) is 11.8 Å². The normalized spacial score (nSPS) is 15.5. The maximum absolute atomic E-state index is 4.68.